The number of thiazole rings is 1. The second-order valence-electron chi connectivity index (χ2n) is 6.89. The Morgan fingerprint density at radius 3 is 2.92 bits per heavy atom. The summed E-state index contributed by atoms with van der Waals surface area (Å²) in [6, 6.07) is 6.14. The van der Waals surface area contributed by atoms with E-state index in [1.54, 1.807) is 15.7 Å². The Balaban J connectivity index is 1.64. The van der Waals surface area contributed by atoms with Crippen LogP contribution in [0, 0.1) is 13.8 Å². The van der Waals surface area contributed by atoms with E-state index in [1.165, 1.54) is 11.1 Å². The molecule has 0 unspecified atom stereocenters. The summed E-state index contributed by atoms with van der Waals surface area (Å²) in [7, 11) is 0. The number of aryl methyl sites for hydroxylation is 4. The van der Waals surface area contributed by atoms with Gasteiger partial charge >= 0.3 is 0 Å². The van der Waals surface area contributed by atoms with E-state index >= 15 is 0 Å². The number of benzene rings is 1. The zero-order valence-electron chi connectivity index (χ0n) is 15.0. The van der Waals surface area contributed by atoms with Gasteiger partial charge < -0.3 is 5.32 Å². The SMILES string of the molecule is Cc1ccc(C)c(CNC(=O)c2cnc3sc4c(n3c2=O)CCCC4)c1. The first-order valence-corrected chi connectivity index (χ1v) is 9.73. The van der Waals surface area contributed by atoms with Crippen LogP contribution >= 0.6 is 11.3 Å². The molecule has 0 aliphatic heterocycles. The van der Waals surface area contributed by atoms with Crippen LogP contribution in [0.5, 0.6) is 0 Å². The van der Waals surface area contributed by atoms with Crippen molar-refractivity contribution in [2.24, 2.45) is 0 Å². The first-order valence-electron chi connectivity index (χ1n) is 8.91. The smallest absolute Gasteiger partial charge is 0.271 e. The molecule has 2 heterocycles. The second kappa shape index (κ2) is 6.68. The summed E-state index contributed by atoms with van der Waals surface area (Å²) < 4.78 is 1.64. The van der Waals surface area contributed by atoms with Crippen molar-refractivity contribution in [1.82, 2.24) is 14.7 Å². The van der Waals surface area contributed by atoms with E-state index < -0.39 is 0 Å². The van der Waals surface area contributed by atoms with Gasteiger partial charge in [-0.05, 0) is 50.7 Å². The summed E-state index contributed by atoms with van der Waals surface area (Å²) in [4.78, 5) is 31.8. The molecule has 0 saturated heterocycles. The van der Waals surface area contributed by atoms with Gasteiger partial charge in [0.15, 0.2) is 4.96 Å². The molecule has 4 rings (SSSR count). The van der Waals surface area contributed by atoms with Gasteiger partial charge in [-0.25, -0.2) is 4.98 Å². The zero-order chi connectivity index (χ0) is 18.3. The van der Waals surface area contributed by atoms with E-state index in [2.05, 4.69) is 16.4 Å². The molecule has 3 aromatic rings. The molecule has 0 radical (unpaired) electrons. The molecule has 5 nitrogen and oxygen atoms in total. The molecule has 0 spiro atoms. The van der Waals surface area contributed by atoms with Gasteiger partial charge in [0.2, 0.25) is 0 Å². The number of amides is 1. The van der Waals surface area contributed by atoms with Gasteiger partial charge in [0.05, 0.1) is 0 Å². The van der Waals surface area contributed by atoms with Crippen LogP contribution < -0.4 is 10.9 Å². The molecular formula is C20H21N3O2S. The van der Waals surface area contributed by atoms with Crippen LogP contribution in [0.1, 0.15) is 50.5 Å². The maximum absolute atomic E-state index is 12.9. The predicted molar refractivity (Wildman–Crippen MR) is 103 cm³/mol. The predicted octanol–water partition coefficient (Wildman–Crippen LogP) is 3.18. The minimum Gasteiger partial charge on any atom is -0.348 e. The Labute approximate surface area is 155 Å². The number of carbonyl (C=O) groups is 1. The van der Waals surface area contributed by atoms with E-state index in [1.807, 2.05) is 26.0 Å². The third-order valence-electron chi connectivity index (χ3n) is 4.99. The fourth-order valence-electron chi connectivity index (χ4n) is 3.49. The maximum Gasteiger partial charge on any atom is 0.271 e. The number of rotatable bonds is 3. The summed E-state index contributed by atoms with van der Waals surface area (Å²) in [6.45, 7) is 4.44. The number of fused-ring (bicyclic) bond motifs is 3. The summed E-state index contributed by atoms with van der Waals surface area (Å²) >= 11 is 1.57. The highest BCUT2D eigenvalue weighted by molar-refractivity contribution is 7.17. The largest absolute Gasteiger partial charge is 0.348 e. The molecule has 1 amide bonds. The molecule has 0 atom stereocenters. The fourth-order valence-corrected chi connectivity index (χ4v) is 4.65. The maximum atomic E-state index is 12.9. The van der Waals surface area contributed by atoms with Gasteiger partial charge in [0, 0.05) is 23.3 Å². The van der Waals surface area contributed by atoms with Crippen molar-refractivity contribution in [1.29, 1.82) is 0 Å². The average Bonchev–Trinajstić information content (AvgIpc) is 3.02. The summed E-state index contributed by atoms with van der Waals surface area (Å²) in [5.41, 5.74) is 4.21. The molecule has 6 heteroatoms. The monoisotopic (exact) mass is 367 g/mol. The van der Waals surface area contributed by atoms with Crippen LogP contribution in [0.4, 0.5) is 0 Å². The molecule has 1 N–H and O–H groups in total. The molecule has 26 heavy (non-hydrogen) atoms. The van der Waals surface area contributed by atoms with Gasteiger partial charge in [-0.1, -0.05) is 23.8 Å². The highest BCUT2D eigenvalue weighted by Crippen LogP contribution is 2.28. The van der Waals surface area contributed by atoms with Crippen molar-refractivity contribution >= 4 is 22.2 Å². The highest BCUT2D eigenvalue weighted by Gasteiger charge is 2.21. The summed E-state index contributed by atoms with van der Waals surface area (Å²) in [5, 5.41) is 2.87. The molecule has 0 fully saturated rings. The van der Waals surface area contributed by atoms with Gasteiger partial charge in [-0.3, -0.25) is 14.0 Å². The minimum absolute atomic E-state index is 0.110. The number of hydrogen-bond acceptors (Lipinski definition) is 4. The highest BCUT2D eigenvalue weighted by atomic mass is 32.1. The second-order valence-corrected chi connectivity index (χ2v) is 7.95. The van der Waals surface area contributed by atoms with E-state index in [0.29, 0.717) is 11.5 Å². The van der Waals surface area contributed by atoms with Gasteiger partial charge in [0.1, 0.15) is 5.56 Å². The van der Waals surface area contributed by atoms with Gasteiger partial charge in [0.25, 0.3) is 11.5 Å². The quantitative estimate of drug-likeness (QED) is 0.773. The normalized spacial score (nSPS) is 13.6. The molecule has 1 aromatic carbocycles. The van der Waals surface area contributed by atoms with Crippen LogP contribution in [0.2, 0.25) is 0 Å². The lowest BCUT2D eigenvalue weighted by Crippen LogP contribution is -2.32. The molecule has 1 aliphatic carbocycles. The Morgan fingerprint density at radius 1 is 1.27 bits per heavy atom. The minimum atomic E-state index is -0.367. The Kier molecular flexibility index (Phi) is 4.36. The van der Waals surface area contributed by atoms with Crippen molar-refractivity contribution in [2.75, 3.05) is 0 Å². The number of hydrogen-bond donors (Lipinski definition) is 1. The Hall–Kier alpha value is -2.47. The van der Waals surface area contributed by atoms with Crippen LogP contribution in [0.15, 0.2) is 29.2 Å². The number of nitrogens with zero attached hydrogens (tertiary/aromatic N) is 2. The first-order chi connectivity index (χ1) is 12.5. The lowest BCUT2D eigenvalue weighted by atomic mass is 10.0. The van der Waals surface area contributed by atoms with E-state index in [9.17, 15) is 9.59 Å². The Morgan fingerprint density at radius 2 is 2.08 bits per heavy atom. The summed E-state index contributed by atoms with van der Waals surface area (Å²) in [6.07, 6.45) is 5.52. The Bertz CT molecular complexity index is 1060. The van der Waals surface area contributed by atoms with Crippen LogP contribution in [0.25, 0.3) is 4.96 Å². The van der Waals surface area contributed by atoms with Crippen molar-refractivity contribution in [3.63, 3.8) is 0 Å². The van der Waals surface area contributed by atoms with E-state index in [-0.39, 0.29) is 17.0 Å². The number of aromatic nitrogens is 2. The number of carbonyl (C=O) groups excluding carboxylic acids is 1. The van der Waals surface area contributed by atoms with Gasteiger partial charge in [-0.15, -0.1) is 11.3 Å². The first kappa shape index (κ1) is 17.0. The zero-order valence-corrected chi connectivity index (χ0v) is 15.8. The number of nitrogens with one attached hydrogen (secondary N) is 1. The third-order valence-corrected chi connectivity index (χ3v) is 6.15. The van der Waals surface area contributed by atoms with Crippen molar-refractivity contribution in [2.45, 2.75) is 46.1 Å². The summed E-state index contributed by atoms with van der Waals surface area (Å²) in [5.74, 6) is -0.367. The molecule has 1 aliphatic rings. The lowest BCUT2D eigenvalue weighted by Gasteiger charge is -2.11. The molecule has 2 aromatic heterocycles. The van der Waals surface area contributed by atoms with Crippen LogP contribution in [-0.2, 0) is 19.4 Å². The van der Waals surface area contributed by atoms with Crippen LogP contribution in [0.3, 0.4) is 0 Å². The molecule has 0 saturated carbocycles. The van der Waals surface area contributed by atoms with Crippen LogP contribution in [-0.4, -0.2) is 15.3 Å². The third kappa shape index (κ3) is 2.94. The van der Waals surface area contributed by atoms with E-state index in [0.717, 1.165) is 48.1 Å². The molecular weight excluding hydrogens is 346 g/mol. The topological polar surface area (TPSA) is 63.5 Å². The molecule has 134 valence electrons. The molecule has 0 bridgehead atoms. The fraction of sp³-hybridized carbons (Fsp3) is 0.350. The lowest BCUT2D eigenvalue weighted by molar-refractivity contribution is 0.0949. The van der Waals surface area contributed by atoms with Crippen molar-refractivity contribution in [3.8, 4) is 0 Å². The van der Waals surface area contributed by atoms with Gasteiger partial charge in [-0.2, -0.15) is 0 Å². The average molecular weight is 367 g/mol. The van der Waals surface area contributed by atoms with Crippen molar-refractivity contribution < 1.29 is 4.79 Å². The standard InChI is InChI=1S/C20H21N3O2S/c1-12-7-8-13(2)14(9-12)10-21-18(24)15-11-22-20-23(19(15)25)16-5-3-4-6-17(16)26-20/h7-9,11H,3-6,10H2,1-2H3,(H,21,24). The van der Waals surface area contributed by atoms with E-state index in [4.69, 9.17) is 0 Å². The van der Waals surface area contributed by atoms with Crippen molar-refractivity contribution in [3.05, 3.63) is 67.6 Å².